The summed E-state index contributed by atoms with van der Waals surface area (Å²) in [4.78, 5) is 11.7. The van der Waals surface area contributed by atoms with Crippen LogP contribution in [0.3, 0.4) is 0 Å². The van der Waals surface area contributed by atoms with Gasteiger partial charge in [0.2, 0.25) is 5.95 Å². The van der Waals surface area contributed by atoms with E-state index in [2.05, 4.69) is 53.9 Å². The van der Waals surface area contributed by atoms with Crippen molar-refractivity contribution < 1.29 is 0 Å². The van der Waals surface area contributed by atoms with Crippen LogP contribution >= 0.6 is 11.8 Å². The lowest BCUT2D eigenvalue weighted by Crippen LogP contribution is -2.17. The van der Waals surface area contributed by atoms with Crippen LogP contribution in [0.4, 0.5) is 23.1 Å². The van der Waals surface area contributed by atoms with E-state index in [1.54, 1.807) is 11.8 Å². The summed E-state index contributed by atoms with van der Waals surface area (Å²) in [5.74, 6) is 2.43. The Kier molecular flexibility index (Phi) is 4.63. The van der Waals surface area contributed by atoms with Gasteiger partial charge in [0.1, 0.15) is 5.82 Å². The third-order valence-electron chi connectivity index (χ3n) is 4.42. The first-order valence-electron chi connectivity index (χ1n) is 8.53. The number of aromatic nitrogens is 2. The lowest BCUT2D eigenvalue weighted by molar-refractivity contribution is 1.04. The molecule has 5 heteroatoms. The molecule has 1 aromatic heterocycles. The summed E-state index contributed by atoms with van der Waals surface area (Å²) >= 11 is 1.77. The summed E-state index contributed by atoms with van der Waals surface area (Å²) in [5.41, 5.74) is 5.44. The van der Waals surface area contributed by atoms with Gasteiger partial charge in [-0.3, -0.25) is 0 Å². The van der Waals surface area contributed by atoms with Crippen LogP contribution in [0.15, 0.2) is 60.0 Å². The number of rotatable bonds is 4. The van der Waals surface area contributed by atoms with E-state index in [0.717, 1.165) is 34.2 Å². The minimum Gasteiger partial charge on any atom is -0.329 e. The number of thioether (sulfide) groups is 1. The maximum atomic E-state index is 4.86. The Balaban J connectivity index is 1.78. The van der Waals surface area contributed by atoms with E-state index in [1.807, 2.05) is 36.4 Å². The molecular weight excluding hydrogens is 340 g/mol. The topological polar surface area (TPSA) is 41.1 Å². The summed E-state index contributed by atoms with van der Waals surface area (Å²) in [5, 5.41) is 5.48. The number of hydrogen-bond donors (Lipinski definition) is 1. The molecule has 0 bridgehead atoms. The number of aryl methyl sites for hydroxylation is 1. The van der Waals surface area contributed by atoms with Gasteiger partial charge in [-0.1, -0.05) is 36.4 Å². The SMILES string of the molecule is Cc1ccccc1Nc1nc2c(c(N(C)c3ccccc3)n1)CSC=C2. The fraction of sp³-hybridized carbons (Fsp3) is 0.143. The zero-order valence-electron chi connectivity index (χ0n) is 14.8. The van der Waals surface area contributed by atoms with Crippen molar-refractivity contribution >= 4 is 41.0 Å². The number of benzene rings is 2. The number of para-hydroxylation sites is 2. The Morgan fingerprint density at radius 3 is 2.58 bits per heavy atom. The third-order valence-corrected chi connectivity index (χ3v) is 5.20. The minimum atomic E-state index is 0.618. The quantitative estimate of drug-likeness (QED) is 0.664. The molecule has 2 aromatic carbocycles. The van der Waals surface area contributed by atoms with Crippen molar-refractivity contribution in [3.05, 3.63) is 76.8 Å². The van der Waals surface area contributed by atoms with Crippen LogP contribution in [-0.4, -0.2) is 17.0 Å². The summed E-state index contributed by atoms with van der Waals surface area (Å²) < 4.78 is 0. The second-order valence-corrected chi connectivity index (χ2v) is 7.08. The third kappa shape index (κ3) is 3.30. The predicted molar refractivity (Wildman–Crippen MR) is 111 cm³/mol. The molecule has 0 radical (unpaired) electrons. The molecule has 0 saturated carbocycles. The van der Waals surface area contributed by atoms with Crippen molar-refractivity contribution in [3.63, 3.8) is 0 Å². The lowest BCUT2D eigenvalue weighted by Gasteiger charge is -2.24. The molecule has 0 amide bonds. The van der Waals surface area contributed by atoms with E-state index in [1.165, 1.54) is 5.56 Å². The van der Waals surface area contributed by atoms with E-state index in [0.29, 0.717) is 5.95 Å². The molecule has 0 atom stereocenters. The van der Waals surface area contributed by atoms with E-state index in [9.17, 15) is 0 Å². The van der Waals surface area contributed by atoms with Gasteiger partial charge in [0.05, 0.1) is 5.69 Å². The lowest BCUT2D eigenvalue weighted by atomic mass is 10.2. The number of hydrogen-bond acceptors (Lipinski definition) is 5. The highest BCUT2D eigenvalue weighted by atomic mass is 32.2. The van der Waals surface area contributed by atoms with E-state index in [4.69, 9.17) is 9.97 Å². The van der Waals surface area contributed by atoms with Crippen molar-refractivity contribution in [2.45, 2.75) is 12.7 Å². The largest absolute Gasteiger partial charge is 0.329 e. The average molecular weight is 360 g/mol. The molecule has 1 aliphatic rings. The number of nitrogens with zero attached hydrogens (tertiary/aromatic N) is 3. The van der Waals surface area contributed by atoms with Gasteiger partial charge in [-0.15, -0.1) is 11.8 Å². The highest BCUT2D eigenvalue weighted by Crippen LogP contribution is 2.35. The van der Waals surface area contributed by atoms with Crippen LogP contribution in [0.25, 0.3) is 6.08 Å². The van der Waals surface area contributed by atoms with E-state index in [-0.39, 0.29) is 0 Å². The minimum absolute atomic E-state index is 0.618. The molecule has 26 heavy (non-hydrogen) atoms. The van der Waals surface area contributed by atoms with Crippen molar-refractivity contribution in [3.8, 4) is 0 Å². The summed E-state index contributed by atoms with van der Waals surface area (Å²) in [6.07, 6.45) is 2.07. The molecule has 0 saturated heterocycles. The zero-order valence-corrected chi connectivity index (χ0v) is 15.6. The van der Waals surface area contributed by atoms with Crippen molar-refractivity contribution in [2.24, 2.45) is 0 Å². The van der Waals surface area contributed by atoms with Crippen LogP contribution in [0, 0.1) is 6.92 Å². The maximum Gasteiger partial charge on any atom is 0.229 e. The van der Waals surface area contributed by atoms with Gasteiger partial charge in [-0.2, -0.15) is 4.98 Å². The molecule has 0 spiro atoms. The standard InChI is InChI=1S/C21H20N4S/c1-15-8-6-7-11-18(15)22-21-23-19-12-13-26-14-17(19)20(24-21)25(2)16-9-4-3-5-10-16/h3-13H,14H2,1-2H3,(H,22,23,24). The molecule has 4 rings (SSSR count). The van der Waals surface area contributed by atoms with Crippen LogP contribution < -0.4 is 10.2 Å². The van der Waals surface area contributed by atoms with Crippen LogP contribution in [0.1, 0.15) is 16.8 Å². The van der Waals surface area contributed by atoms with Gasteiger partial charge < -0.3 is 10.2 Å². The molecule has 4 nitrogen and oxygen atoms in total. The Morgan fingerprint density at radius 1 is 1.00 bits per heavy atom. The summed E-state index contributed by atoms with van der Waals surface area (Å²) in [6.45, 7) is 2.08. The highest BCUT2D eigenvalue weighted by Gasteiger charge is 2.19. The van der Waals surface area contributed by atoms with E-state index < -0.39 is 0 Å². The number of anilines is 4. The van der Waals surface area contributed by atoms with Crippen LogP contribution in [-0.2, 0) is 5.75 Å². The number of nitrogens with one attached hydrogen (secondary N) is 1. The fourth-order valence-electron chi connectivity index (χ4n) is 2.95. The maximum absolute atomic E-state index is 4.86. The summed E-state index contributed by atoms with van der Waals surface area (Å²) in [6, 6.07) is 18.5. The predicted octanol–water partition coefficient (Wildman–Crippen LogP) is 5.51. The molecule has 1 aliphatic heterocycles. The zero-order chi connectivity index (χ0) is 17.9. The molecule has 3 aromatic rings. The van der Waals surface area contributed by atoms with E-state index >= 15 is 0 Å². The van der Waals surface area contributed by atoms with Gasteiger partial charge in [0, 0.05) is 29.7 Å². The van der Waals surface area contributed by atoms with Gasteiger partial charge in [0.15, 0.2) is 0 Å². The first kappa shape index (κ1) is 16.7. The second-order valence-electron chi connectivity index (χ2n) is 6.18. The molecule has 1 N–H and O–H groups in total. The monoisotopic (exact) mass is 360 g/mol. The summed E-state index contributed by atoms with van der Waals surface area (Å²) in [7, 11) is 2.05. The van der Waals surface area contributed by atoms with Crippen molar-refractivity contribution in [1.82, 2.24) is 9.97 Å². The molecule has 2 heterocycles. The normalized spacial score (nSPS) is 12.5. The number of fused-ring (bicyclic) bond motifs is 1. The van der Waals surface area contributed by atoms with Crippen molar-refractivity contribution in [1.29, 1.82) is 0 Å². The molecular formula is C21H20N4S. The smallest absolute Gasteiger partial charge is 0.229 e. The van der Waals surface area contributed by atoms with Gasteiger partial charge in [-0.05, 0) is 42.2 Å². The first-order chi connectivity index (χ1) is 12.7. The Hall–Kier alpha value is -2.79. The Bertz CT molecular complexity index is 953. The van der Waals surface area contributed by atoms with Crippen LogP contribution in [0.5, 0.6) is 0 Å². The Labute approximate surface area is 158 Å². The molecule has 130 valence electrons. The molecule has 0 aliphatic carbocycles. The Morgan fingerprint density at radius 2 is 1.77 bits per heavy atom. The van der Waals surface area contributed by atoms with Crippen LogP contribution in [0.2, 0.25) is 0 Å². The highest BCUT2D eigenvalue weighted by molar-refractivity contribution is 8.01. The molecule has 0 unspecified atom stereocenters. The van der Waals surface area contributed by atoms with Gasteiger partial charge >= 0.3 is 0 Å². The fourth-order valence-corrected chi connectivity index (χ4v) is 3.72. The molecule has 0 fully saturated rings. The van der Waals surface area contributed by atoms with Gasteiger partial charge in [0.25, 0.3) is 0 Å². The van der Waals surface area contributed by atoms with Crippen molar-refractivity contribution in [2.75, 3.05) is 17.3 Å². The second kappa shape index (κ2) is 7.22. The van der Waals surface area contributed by atoms with Gasteiger partial charge in [-0.25, -0.2) is 4.98 Å². The average Bonchev–Trinajstić information content (AvgIpc) is 2.69. The first-order valence-corrected chi connectivity index (χ1v) is 9.58.